The highest BCUT2D eigenvalue weighted by atomic mass is 16.7. The van der Waals surface area contributed by atoms with E-state index in [0.29, 0.717) is 46.7 Å². The summed E-state index contributed by atoms with van der Waals surface area (Å²) >= 11 is 0. The summed E-state index contributed by atoms with van der Waals surface area (Å²) in [5.74, 6) is 1.93. The predicted octanol–water partition coefficient (Wildman–Crippen LogP) is 2.20. The highest BCUT2D eigenvalue weighted by Crippen LogP contribution is 2.28. The van der Waals surface area contributed by atoms with Gasteiger partial charge in [-0.2, -0.15) is 0 Å². The summed E-state index contributed by atoms with van der Waals surface area (Å²) in [6.45, 7) is 0.209. The average molecular weight is 466 g/mol. The first-order valence-corrected chi connectivity index (χ1v) is 9.52. The molecule has 0 aliphatic rings. The highest BCUT2D eigenvalue weighted by Gasteiger charge is 2.10. The number of aliphatic hydroxyl groups excluding tert-OH is 1. The van der Waals surface area contributed by atoms with Gasteiger partial charge in [-0.25, -0.2) is 0 Å². The van der Waals surface area contributed by atoms with Crippen LogP contribution in [0.25, 0.3) is 0 Å². The Morgan fingerprint density at radius 2 is 1.18 bits per heavy atom. The van der Waals surface area contributed by atoms with Crippen LogP contribution in [0.4, 0.5) is 0 Å². The van der Waals surface area contributed by atoms with Gasteiger partial charge in [0.2, 0.25) is 0 Å². The van der Waals surface area contributed by atoms with Gasteiger partial charge in [-0.3, -0.25) is 14.4 Å². The van der Waals surface area contributed by atoms with Crippen molar-refractivity contribution >= 4 is 18.9 Å². The summed E-state index contributed by atoms with van der Waals surface area (Å²) in [6.07, 6.45) is 1.67. The van der Waals surface area contributed by atoms with Crippen LogP contribution in [-0.4, -0.2) is 79.0 Å². The lowest BCUT2D eigenvalue weighted by Crippen LogP contribution is -2.22. The summed E-state index contributed by atoms with van der Waals surface area (Å²) in [4.78, 5) is 31.1. The van der Waals surface area contributed by atoms with Crippen LogP contribution < -0.4 is 18.9 Å². The maximum Gasteiger partial charge on any atom is 0.191 e. The first kappa shape index (κ1) is 29.5. The van der Waals surface area contributed by atoms with E-state index < -0.39 is 6.29 Å². The van der Waals surface area contributed by atoms with Gasteiger partial charge in [0.1, 0.15) is 25.8 Å². The monoisotopic (exact) mass is 466 g/mol. The van der Waals surface area contributed by atoms with Gasteiger partial charge >= 0.3 is 0 Å². The molecular weight excluding hydrogens is 436 g/mol. The minimum atomic E-state index is -0.439. The van der Waals surface area contributed by atoms with Gasteiger partial charge in [-0.15, -0.1) is 0 Å². The molecule has 0 saturated carbocycles. The number of aldehydes is 3. The molecule has 0 radical (unpaired) electrons. The second kappa shape index (κ2) is 18.1. The second-order valence-corrected chi connectivity index (χ2v) is 5.75. The van der Waals surface area contributed by atoms with E-state index in [1.807, 2.05) is 0 Å². The van der Waals surface area contributed by atoms with Gasteiger partial charge in [-0.1, -0.05) is 0 Å². The van der Waals surface area contributed by atoms with Crippen molar-refractivity contribution < 1.29 is 47.9 Å². The van der Waals surface area contributed by atoms with E-state index in [1.165, 1.54) is 28.4 Å². The molecule has 33 heavy (non-hydrogen) atoms. The van der Waals surface area contributed by atoms with Crippen LogP contribution in [0.15, 0.2) is 36.4 Å². The van der Waals surface area contributed by atoms with Crippen molar-refractivity contribution in [1.29, 1.82) is 0 Å². The zero-order chi connectivity index (χ0) is 25.1. The van der Waals surface area contributed by atoms with Crippen molar-refractivity contribution in [2.45, 2.75) is 6.29 Å². The molecule has 0 amide bonds. The summed E-state index contributed by atoms with van der Waals surface area (Å²) in [6, 6.07) is 9.66. The molecule has 1 N–H and O–H groups in total. The number of hydrogen-bond acceptors (Lipinski definition) is 10. The van der Waals surface area contributed by atoms with Crippen LogP contribution in [0.5, 0.6) is 23.0 Å². The van der Waals surface area contributed by atoms with E-state index in [0.717, 1.165) is 13.4 Å². The molecule has 0 bridgehead atoms. The number of aliphatic hydroxyl groups is 1. The van der Waals surface area contributed by atoms with E-state index in [-0.39, 0.29) is 13.2 Å². The maximum atomic E-state index is 10.6. The molecule has 0 spiro atoms. The van der Waals surface area contributed by atoms with E-state index in [9.17, 15) is 14.4 Å². The summed E-state index contributed by atoms with van der Waals surface area (Å²) < 4.78 is 30.6. The molecule has 0 aromatic heterocycles. The Kier molecular flexibility index (Phi) is 16.2. The molecule has 0 unspecified atom stereocenters. The van der Waals surface area contributed by atoms with Crippen LogP contribution in [0.2, 0.25) is 0 Å². The van der Waals surface area contributed by atoms with Crippen LogP contribution in [-0.2, 0) is 14.3 Å². The van der Waals surface area contributed by atoms with Crippen molar-refractivity contribution in [1.82, 2.24) is 0 Å². The Morgan fingerprint density at radius 1 is 0.727 bits per heavy atom. The highest BCUT2D eigenvalue weighted by molar-refractivity contribution is 5.77. The molecule has 10 heteroatoms. The molecule has 182 valence electrons. The number of benzene rings is 2. The first-order valence-electron chi connectivity index (χ1n) is 9.52. The number of methoxy groups -OCH3 is 4. The fraction of sp³-hybridized carbons (Fsp3) is 0.348. The molecule has 0 saturated heterocycles. The quantitative estimate of drug-likeness (QED) is 0.367. The van der Waals surface area contributed by atoms with Crippen LogP contribution >= 0.6 is 0 Å². The van der Waals surface area contributed by atoms with E-state index >= 15 is 0 Å². The standard InChI is InChI=1S/C12H16O5.C10H10O4.CH4O/c1-14-11-6-9(7-13)4-5-10(11)17-8-12(15-2)16-3;1-13-10-6-8(7-12)2-3-9(10)14-5-4-11;1-2/h4-7,12H,8H2,1-3H3;2-4,6-7H,5H2,1H3;2H,1H3. The van der Waals surface area contributed by atoms with Crippen LogP contribution in [0, 0.1) is 0 Å². The topological polar surface area (TPSA) is 127 Å². The lowest BCUT2D eigenvalue weighted by Gasteiger charge is -2.16. The third-order valence-electron chi connectivity index (χ3n) is 3.86. The molecule has 0 atom stereocenters. The van der Waals surface area contributed by atoms with Crippen LogP contribution in [0.1, 0.15) is 20.7 Å². The van der Waals surface area contributed by atoms with Crippen molar-refractivity contribution in [3.63, 3.8) is 0 Å². The fourth-order valence-electron chi connectivity index (χ4n) is 2.27. The molecule has 2 aromatic carbocycles. The Labute approximate surface area is 192 Å². The number of ether oxygens (including phenoxy) is 6. The molecular formula is C23H30O10. The van der Waals surface area contributed by atoms with Crippen molar-refractivity contribution in [3.05, 3.63) is 47.5 Å². The van der Waals surface area contributed by atoms with Crippen LogP contribution in [0.3, 0.4) is 0 Å². The molecule has 0 aliphatic carbocycles. The van der Waals surface area contributed by atoms with Gasteiger partial charge in [0.15, 0.2) is 35.6 Å². The largest absolute Gasteiger partial charge is 0.493 e. The van der Waals surface area contributed by atoms with E-state index in [4.69, 9.17) is 33.5 Å². The summed E-state index contributed by atoms with van der Waals surface area (Å²) in [7, 11) is 7.05. The van der Waals surface area contributed by atoms with Gasteiger partial charge in [0.25, 0.3) is 0 Å². The predicted molar refractivity (Wildman–Crippen MR) is 120 cm³/mol. The fourth-order valence-corrected chi connectivity index (χ4v) is 2.27. The third-order valence-corrected chi connectivity index (χ3v) is 3.86. The maximum absolute atomic E-state index is 10.6. The Bertz CT molecular complexity index is 834. The number of carbonyl (C=O) groups is 3. The molecule has 0 heterocycles. The normalized spacial score (nSPS) is 9.42. The zero-order valence-corrected chi connectivity index (χ0v) is 19.3. The van der Waals surface area contributed by atoms with Gasteiger partial charge < -0.3 is 33.5 Å². The lowest BCUT2D eigenvalue weighted by atomic mass is 10.2. The number of hydrogen-bond donors (Lipinski definition) is 1. The third kappa shape index (κ3) is 10.6. The van der Waals surface area contributed by atoms with Gasteiger partial charge in [0.05, 0.1) is 14.2 Å². The van der Waals surface area contributed by atoms with Crippen molar-refractivity contribution in [3.8, 4) is 23.0 Å². The average Bonchev–Trinajstić information content (AvgIpc) is 2.89. The number of carbonyl (C=O) groups excluding carboxylic acids is 3. The molecule has 10 nitrogen and oxygen atoms in total. The summed E-state index contributed by atoms with van der Waals surface area (Å²) in [5.41, 5.74) is 1.03. The Hall–Kier alpha value is -3.47. The molecule has 2 aromatic rings. The van der Waals surface area contributed by atoms with E-state index in [2.05, 4.69) is 0 Å². The summed E-state index contributed by atoms with van der Waals surface area (Å²) in [5, 5.41) is 7.00. The molecule has 0 aliphatic heterocycles. The first-order chi connectivity index (χ1) is 16.1. The van der Waals surface area contributed by atoms with Gasteiger partial charge in [-0.05, 0) is 36.4 Å². The second-order valence-electron chi connectivity index (χ2n) is 5.75. The van der Waals surface area contributed by atoms with Crippen molar-refractivity contribution in [2.75, 3.05) is 48.8 Å². The minimum absolute atomic E-state index is 0.0310. The lowest BCUT2D eigenvalue weighted by molar-refractivity contribution is -0.122. The SMILES string of the molecule is CO.COc1cc(C=O)ccc1OCC(OC)OC.COc1cc(C=O)ccc1OCC=O. The zero-order valence-electron chi connectivity index (χ0n) is 19.3. The minimum Gasteiger partial charge on any atom is -0.493 e. The van der Waals surface area contributed by atoms with Gasteiger partial charge in [0, 0.05) is 32.5 Å². The Morgan fingerprint density at radius 3 is 1.55 bits per heavy atom. The Balaban J connectivity index is 0.000000586. The van der Waals surface area contributed by atoms with E-state index in [1.54, 1.807) is 36.4 Å². The van der Waals surface area contributed by atoms with Crippen molar-refractivity contribution in [2.24, 2.45) is 0 Å². The number of rotatable bonds is 12. The molecule has 2 rings (SSSR count). The molecule has 0 fully saturated rings. The smallest absolute Gasteiger partial charge is 0.191 e.